The van der Waals surface area contributed by atoms with Gasteiger partial charge in [0.05, 0.1) is 6.54 Å². The van der Waals surface area contributed by atoms with Gasteiger partial charge in [0.15, 0.2) is 0 Å². The highest BCUT2D eigenvalue weighted by atomic mass is 16.1. The average Bonchev–Trinajstić information content (AvgIpc) is 2.79. The van der Waals surface area contributed by atoms with Crippen LogP contribution in [-0.2, 0) is 6.54 Å². The molecule has 84 valence electrons. The second-order valence-electron chi connectivity index (χ2n) is 4.07. The van der Waals surface area contributed by atoms with E-state index in [-0.39, 0.29) is 5.56 Å². The standard InChI is InChI=1S/C14H12N2O/c17-14-3-1-2-8-16(14)10-11-4-5-13-12(9-11)6-7-15-13/h1-9,15H,10H2. The summed E-state index contributed by atoms with van der Waals surface area (Å²) in [5.41, 5.74) is 2.28. The topological polar surface area (TPSA) is 37.8 Å². The fourth-order valence-corrected chi connectivity index (χ4v) is 1.99. The first-order valence-electron chi connectivity index (χ1n) is 5.54. The molecule has 0 atom stereocenters. The summed E-state index contributed by atoms with van der Waals surface area (Å²) in [6.07, 6.45) is 3.73. The van der Waals surface area contributed by atoms with Gasteiger partial charge in [0.1, 0.15) is 0 Å². The Morgan fingerprint density at radius 3 is 2.94 bits per heavy atom. The molecule has 0 unspecified atom stereocenters. The van der Waals surface area contributed by atoms with E-state index < -0.39 is 0 Å². The normalized spacial score (nSPS) is 10.8. The summed E-state index contributed by atoms with van der Waals surface area (Å²) in [4.78, 5) is 14.7. The first-order valence-corrected chi connectivity index (χ1v) is 5.54. The van der Waals surface area contributed by atoms with Gasteiger partial charge in [-0.25, -0.2) is 0 Å². The van der Waals surface area contributed by atoms with Crippen molar-refractivity contribution in [1.29, 1.82) is 0 Å². The maximum Gasteiger partial charge on any atom is 0.250 e. The summed E-state index contributed by atoms with van der Waals surface area (Å²) >= 11 is 0. The highest BCUT2D eigenvalue weighted by Gasteiger charge is 1.99. The lowest BCUT2D eigenvalue weighted by molar-refractivity contribution is 0.760. The maximum absolute atomic E-state index is 11.6. The van der Waals surface area contributed by atoms with Gasteiger partial charge in [0, 0.05) is 24.0 Å². The lowest BCUT2D eigenvalue weighted by atomic mass is 10.1. The monoisotopic (exact) mass is 224 g/mol. The number of aromatic nitrogens is 2. The van der Waals surface area contributed by atoms with Crippen LogP contribution in [0.25, 0.3) is 10.9 Å². The highest BCUT2D eigenvalue weighted by Crippen LogP contribution is 2.14. The summed E-state index contributed by atoms with van der Waals surface area (Å²) < 4.78 is 1.70. The second-order valence-corrected chi connectivity index (χ2v) is 4.07. The molecule has 0 amide bonds. The molecule has 0 bridgehead atoms. The summed E-state index contributed by atoms with van der Waals surface area (Å²) in [6.45, 7) is 0.612. The van der Waals surface area contributed by atoms with E-state index in [1.165, 1.54) is 5.39 Å². The van der Waals surface area contributed by atoms with E-state index in [0.717, 1.165) is 11.1 Å². The minimum absolute atomic E-state index is 0.0293. The smallest absolute Gasteiger partial charge is 0.250 e. The summed E-state index contributed by atoms with van der Waals surface area (Å²) in [5.74, 6) is 0. The van der Waals surface area contributed by atoms with Crippen molar-refractivity contribution in [3.05, 3.63) is 70.8 Å². The molecule has 0 aliphatic heterocycles. The molecule has 0 saturated carbocycles. The van der Waals surface area contributed by atoms with Crippen LogP contribution in [0, 0.1) is 0 Å². The van der Waals surface area contributed by atoms with Crippen molar-refractivity contribution in [1.82, 2.24) is 9.55 Å². The van der Waals surface area contributed by atoms with Crippen molar-refractivity contribution < 1.29 is 0 Å². The van der Waals surface area contributed by atoms with Crippen LogP contribution in [0.15, 0.2) is 59.7 Å². The van der Waals surface area contributed by atoms with Gasteiger partial charge < -0.3 is 9.55 Å². The van der Waals surface area contributed by atoms with Gasteiger partial charge in [-0.1, -0.05) is 12.1 Å². The lowest BCUT2D eigenvalue weighted by Crippen LogP contribution is -2.18. The molecule has 0 radical (unpaired) electrons. The number of hydrogen-bond acceptors (Lipinski definition) is 1. The van der Waals surface area contributed by atoms with E-state index >= 15 is 0 Å². The number of hydrogen-bond donors (Lipinski definition) is 1. The van der Waals surface area contributed by atoms with Gasteiger partial charge in [-0.2, -0.15) is 0 Å². The lowest BCUT2D eigenvalue weighted by Gasteiger charge is -2.05. The van der Waals surface area contributed by atoms with E-state index in [0.29, 0.717) is 6.54 Å². The van der Waals surface area contributed by atoms with Gasteiger partial charge in [0.25, 0.3) is 5.56 Å². The number of rotatable bonds is 2. The van der Waals surface area contributed by atoms with Gasteiger partial charge >= 0.3 is 0 Å². The van der Waals surface area contributed by atoms with Gasteiger partial charge in [-0.05, 0) is 35.2 Å². The second kappa shape index (κ2) is 3.94. The third kappa shape index (κ3) is 1.87. The largest absolute Gasteiger partial charge is 0.361 e. The molecule has 17 heavy (non-hydrogen) atoms. The SMILES string of the molecule is O=c1ccccn1Cc1ccc2[nH]ccc2c1. The van der Waals surface area contributed by atoms with Crippen LogP contribution < -0.4 is 5.56 Å². The number of benzene rings is 1. The van der Waals surface area contributed by atoms with E-state index in [1.54, 1.807) is 16.7 Å². The van der Waals surface area contributed by atoms with Gasteiger partial charge in [-0.15, -0.1) is 0 Å². The minimum Gasteiger partial charge on any atom is -0.361 e. The fourth-order valence-electron chi connectivity index (χ4n) is 1.99. The van der Waals surface area contributed by atoms with Crippen molar-refractivity contribution in [3.63, 3.8) is 0 Å². The number of nitrogens with one attached hydrogen (secondary N) is 1. The molecule has 0 aliphatic rings. The zero-order valence-electron chi connectivity index (χ0n) is 9.26. The number of nitrogens with zero attached hydrogens (tertiary/aromatic N) is 1. The molecular formula is C14H12N2O. The Balaban J connectivity index is 2.00. The molecular weight excluding hydrogens is 212 g/mol. The van der Waals surface area contributed by atoms with Crippen molar-refractivity contribution in [2.45, 2.75) is 6.54 Å². The zero-order valence-corrected chi connectivity index (χ0v) is 9.26. The number of aromatic amines is 1. The quantitative estimate of drug-likeness (QED) is 0.713. The molecule has 3 rings (SSSR count). The number of pyridine rings is 1. The molecule has 0 spiro atoms. The highest BCUT2D eigenvalue weighted by molar-refractivity contribution is 5.79. The van der Waals surface area contributed by atoms with Crippen LogP contribution >= 0.6 is 0 Å². The molecule has 2 aromatic heterocycles. The van der Waals surface area contributed by atoms with Crippen LogP contribution in [0.3, 0.4) is 0 Å². The zero-order chi connectivity index (χ0) is 11.7. The van der Waals surface area contributed by atoms with Crippen LogP contribution in [-0.4, -0.2) is 9.55 Å². The molecule has 3 heteroatoms. The summed E-state index contributed by atoms with van der Waals surface area (Å²) in [5, 5.41) is 1.17. The molecule has 0 saturated heterocycles. The van der Waals surface area contributed by atoms with Crippen LogP contribution in [0.1, 0.15) is 5.56 Å². The first-order chi connectivity index (χ1) is 8.33. The Bertz CT molecular complexity index is 709. The third-order valence-corrected chi connectivity index (χ3v) is 2.87. The average molecular weight is 224 g/mol. The van der Waals surface area contributed by atoms with Crippen molar-refractivity contribution >= 4 is 10.9 Å². The molecule has 2 heterocycles. The van der Waals surface area contributed by atoms with Crippen LogP contribution in [0.2, 0.25) is 0 Å². The van der Waals surface area contributed by atoms with E-state index in [2.05, 4.69) is 11.1 Å². The van der Waals surface area contributed by atoms with Crippen LogP contribution in [0.4, 0.5) is 0 Å². The molecule has 1 aromatic carbocycles. The Morgan fingerprint density at radius 2 is 2.06 bits per heavy atom. The molecule has 0 aliphatic carbocycles. The molecule has 0 fully saturated rings. The van der Waals surface area contributed by atoms with Crippen molar-refractivity contribution in [2.75, 3.05) is 0 Å². The van der Waals surface area contributed by atoms with Gasteiger partial charge in [0.2, 0.25) is 0 Å². The minimum atomic E-state index is 0.0293. The summed E-state index contributed by atoms with van der Waals surface area (Å²) in [6, 6.07) is 13.4. The predicted octanol–water partition coefficient (Wildman–Crippen LogP) is 2.38. The number of H-pyrrole nitrogens is 1. The number of fused-ring (bicyclic) bond motifs is 1. The van der Waals surface area contributed by atoms with E-state index in [4.69, 9.17) is 0 Å². The third-order valence-electron chi connectivity index (χ3n) is 2.87. The fraction of sp³-hybridized carbons (Fsp3) is 0.0714. The maximum atomic E-state index is 11.6. The molecule has 1 N–H and O–H groups in total. The Hall–Kier alpha value is -2.29. The molecule has 3 nitrogen and oxygen atoms in total. The van der Waals surface area contributed by atoms with E-state index in [9.17, 15) is 4.79 Å². The Kier molecular flexibility index (Phi) is 2.29. The first kappa shape index (κ1) is 9.90. The van der Waals surface area contributed by atoms with Crippen molar-refractivity contribution in [2.24, 2.45) is 0 Å². The Labute approximate surface area is 98.3 Å². The van der Waals surface area contributed by atoms with Crippen molar-refractivity contribution in [3.8, 4) is 0 Å². The van der Waals surface area contributed by atoms with Gasteiger partial charge in [-0.3, -0.25) is 4.79 Å². The van der Waals surface area contributed by atoms with E-state index in [1.807, 2.05) is 36.7 Å². The summed E-state index contributed by atoms with van der Waals surface area (Å²) in [7, 11) is 0. The Morgan fingerprint density at radius 1 is 1.12 bits per heavy atom. The predicted molar refractivity (Wildman–Crippen MR) is 68.1 cm³/mol. The van der Waals surface area contributed by atoms with Crippen LogP contribution in [0.5, 0.6) is 0 Å². The molecule has 3 aromatic rings.